The lowest BCUT2D eigenvalue weighted by molar-refractivity contribution is 0.150. The number of hydrogen-bond acceptors (Lipinski definition) is 0. The summed E-state index contributed by atoms with van der Waals surface area (Å²) in [6, 6.07) is 19.1. The molecule has 7 rings (SSSR count). The highest BCUT2D eigenvalue weighted by Crippen LogP contribution is 2.53. The molecule has 0 nitrogen and oxygen atoms in total. The van der Waals surface area contributed by atoms with Gasteiger partial charge >= 0.3 is 0 Å². The van der Waals surface area contributed by atoms with Crippen LogP contribution in [0, 0.1) is 37.0 Å². The molecule has 0 N–H and O–H groups in total. The average molecular weight is 581 g/mol. The van der Waals surface area contributed by atoms with Crippen molar-refractivity contribution in [1.29, 1.82) is 0 Å². The van der Waals surface area contributed by atoms with Gasteiger partial charge in [0.1, 0.15) is 0 Å². The molecule has 3 aromatic carbocycles. The first-order valence-electron chi connectivity index (χ1n) is 17.5. The van der Waals surface area contributed by atoms with E-state index in [1.807, 2.05) is 0 Å². The van der Waals surface area contributed by atoms with Gasteiger partial charge in [0.15, 0.2) is 0 Å². The molecule has 0 radical (unpaired) electrons. The summed E-state index contributed by atoms with van der Waals surface area (Å²) in [6.07, 6.45) is 17.2. The molecule has 0 amide bonds. The number of hydrogen-bond donors (Lipinski definition) is 0. The summed E-state index contributed by atoms with van der Waals surface area (Å²) in [4.78, 5) is 0. The fourth-order valence-corrected chi connectivity index (χ4v) is 8.98. The van der Waals surface area contributed by atoms with E-state index in [2.05, 4.69) is 109 Å². The number of allylic oxidation sites excluding steroid dienone is 4. The molecule has 228 valence electrons. The molecule has 3 aromatic rings. The van der Waals surface area contributed by atoms with Gasteiger partial charge < -0.3 is 0 Å². The molecule has 0 spiro atoms. The predicted octanol–water partition coefficient (Wildman–Crippen LogP) is 12.3. The number of fused-ring (bicyclic) bond motifs is 2. The molecule has 0 aromatic heterocycles. The molecule has 1 unspecified atom stereocenters. The first kappa shape index (κ1) is 29.6. The topological polar surface area (TPSA) is 0 Å². The van der Waals surface area contributed by atoms with Gasteiger partial charge in [0.25, 0.3) is 0 Å². The van der Waals surface area contributed by atoms with E-state index in [1.54, 1.807) is 16.7 Å². The second-order valence-corrected chi connectivity index (χ2v) is 16.0. The molecule has 4 aliphatic rings. The van der Waals surface area contributed by atoms with Crippen molar-refractivity contribution >= 4 is 17.2 Å². The van der Waals surface area contributed by atoms with Gasteiger partial charge in [-0.2, -0.15) is 0 Å². The Morgan fingerprint density at radius 2 is 1.52 bits per heavy atom. The molecular formula is C44H52. The molecule has 0 heteroatoms. The first-order valence-corrected chi connectivity index (χ1v) is 17.5. The van der Waals surface area contributed by atoms with Gasteiger partial charge in [0.05, 0.1) is 0 Å². The summed E-state index contributed by atoms with van der Waals surface area (Å²) in [5.41, 5.74) is 18.9. The van der Waals surface area contributed by atoms with Crippen LogP contribution in [-0.4, -0.2) is 0 Å². The van der Waals surface area contributed by atoms with E-state index in [9.17, 15) is 0 Å². The van der Waals surface area contributed by atoms with Crippen molar-refractivity contribution in [3.05, 3.63) is 111 Å². The van der Waals surface area contributed by atoms with Crippen LogP contribution < -0.4 is 0 Å². The van der Waals surface area contributed by atoms with E-state index < -0.39 is 0 Å². The van der Waals surface area contributed by atoms with Gasteiger partial charge in [-0.3, -0.25) is 0 Å². The van der Waals surface area contributed by atoms with Crippen LogP contribution in [0.25, 0.3) is 28.3 Å². The zero-order chi connectivity index (χ0) is 30.7. The highest BCUT2D eigenvalue weighted by atomic mass is 14.4. The summed E-state index contributed by atoms with van der Waals surface area (Å²) in [6.45, 7) is 18.2. The largest absolute Gasteiger partial charge is 0.0998 e. The maximum absolute atomic E-state index is 4.30. The number of rotatable bonds is 6. The summed E-state index contributed by atoms with van der Waals surface area (Å²) >= 11 is 0. The number of aryl methyl sites for hydroxylation is 2. The highest BCUT2D eigenvalue weighted by Gasteiger charge is 2.38. The molecule has 2 fully saturated rings. The minimum absolute atomic E-state index is 0.226. The van der Waals surface area contributed by atoms with Gasteiger partial charge in [-0.25, -0.2) is 0 Å². The lowest BCUT2D eigenvalue weighted by Crippen LogP contribution is -2.26. The third-order valence-corrected chi connectivity index (χ3v) is 11.7. The summed E-state index contributed by atoms with van der Waals surface area (Å²) < 4.78 is 0. The molecule has 0 bridgehead atoms. The van der Waals surface area contributed by atoms with E-state index >= 15 is 0 Å². The Morgan fingerprint density at radius 1 is 0.841 bits per heavy atom. The zero-order valence-corrected chi connectivity index (χ0v) is 28.2. The maximum Gasteiger partial charge on any atom is 0.00787 e. The van der Waals surface area contributed by atoms with Gasteiger partial charge in [-0.1, -0.05) is 112 Å². The van der Waals surface area contributed by atoms with E-state index in [0.717, 1.165) is 30.6 Å². The van der Waals surface area contributed by atoms with E-state index in [-0.39, 0.29) is 5.41 Å². The van der Waals surface area contributed by atoms with Crippen LogP contribution in [0.2, 0.25) is 0 Å². The normalized spacial score (nSPS) is 23.1. The standard InChI is InChI=1S/C44H52/c1-27(2)21-38-29(4)22-36-23-35(25-40(36)43(38)33-13-11-28(3)12-14-33)34-19-20-37-41(24-34)39(26-42(37)44(5,6)7)32-17-15-31(16-18-32)30-9-8-10-30/h11-14,19-20,22-24,26,30-32,42H,1,8-10,15-18,21,25H2,2-7H3. The van der Waals surface area contributed by atoms with E-state index in [1.165, 1.54) is 101 Å². The molecule has 1 atom stereocenters. The predicted molar refractivity (Wildman–Crippen MR) is 191 cm³/mol. The second kappa shape index (κ2) is 11.3. The highest BCUT2D eigenvalue weighted by molar-refractivity contribution is 5.94. The van der Waals surface area contributed by atoms with E-state index in [0.29, 0.717) is 5.92 Å². The summed E-state index contributed by atoms with van der Waals surface area (Å²) in [5.74, 6) is 3.26. The van der Waals surface area contributed by atoms with Crippen LogP contribution in [0.15, 0.2) is 66.8 Å². The van der Waals surface area contributed by atoms with Gasteiger partial charge in [-0.05, 0) is 150 Å². The molecule has 2 saturated carbocycles. The summed E-state index contributed by atoms with van der Waals surface area (Å²) in [7, 11) is 0. The van der Waals surface area contributed by atoms with Gasteiger partial charge in [0, 0.05) is 5.92 Å². The van der Waals surface area contributed by atoms with Crippen molar-refractivity contribution in [2.45, 2.75) is 105 Å². The fraction of sp³-hybridized carbons (Fsp3) is 0.455. The maximum atomic E-state index is 4.30. The SMILES string of the molecule is C=C(C)Cc1c(C)cc2c(c1-c1ccc(C)cc1)CC(c1ccc3c(c1)C(C1CCC(C4CCC4)CC1)=CC3C(C)(C)C)=C2. The number of benzene rings is 3. The van der Waals surface area contributed by atoms with Crippen molar-refractivity contribution in [2.24, 2.45) is 23.2 Å². The Balaban J connectivity index is 1.24. The quantitative estimate of drug-likeness (QED) is 0.254. The Kier molecular flexibility index (Phi) is 7.63. The Morgan fingerprint density at radius 3 is 2.16 bits per heavy atom. The molecule has 0 saturated heterocycles. The van der Waals surface area contributed by atoms with Crippen molar-refractivity contribution in [3.8, 4) is 11.1 Å². The molecule has 0 heterocycles. The lowest BCUT2D eigenvalue weighted by Gasteiger charge is -2.39. The van der Waals surface area contributed by atoms with Crippen LogP contribution in [0.5, 0.6) is 0 Å². The van der Waals surface area contributed by atoms with Gasteiger partial charge in [0.2, 0.25) is 0 Å². The molecular weight excluding hydrogens is 528 g/mol. The van der Waals surface area contributed by atoms with E-state index in [4.69, 9.17) is 0 Å². The van der Waals surface area contributed by atoms with Crippen molar-refractivity contribution in [1.82, 2.24) is 0 Å². The van der Waals surface area contributed by atoms with Crippen LogP contribution in [0.1, 0.15) is 123 Å². The minimum atomic E-state index is 0.226. The monoisotopic (exact) mass is 580 g/mol. The van der Waals surface area contributed by atoms with Crippen molar-refractivity contribution in [2.75, 3.05) is 0 Å². The van der Waals surface area contributed by atoms with Crippen LogP contribution in [0.3, 0.4) is 0 Å². The Labute approximate surface area is 267 Å². The smallest absolute Gasteiger partial charge is 0.00787 e. The first-order chi connectivity index (χ1) is 21.1. The van der Waals surface area contributed by atoms with Crippen molar-refractivity contribution in [3.63, 3.8) is 0 Å². The second-order valence-electron chi connectivity index (χ2n) is 16.0. The summed E-state index contributed by atoms with van der Waals surface area (Å²) in [5, 5.41) is 0. The third kappa shape index (κ3) is 5.37. The molecule has 44 heavy (non-hydrogen) atoms. The Hall–Kier alpha value is -3.12. The fourth-order valence-electron chi connectivity index (χ4n) is 8.98. The molecule has 0 aliphatic heterocycles. The average Bonchev–Trinajstić information content (AvgIpc) is 3.55. The Bertz CT molecular complexity index is 1650. The zero-order valence-electron chi connectivity index (χ0n) is 28.2. The van der Waals surface area contributed by atoms with Crippen LogP contribution in [-0.2, 0) is 12.8 Å². The minimum Gasteiger partial charge on any atom is -0.0998 e. The van der Waals surface area contributed by atoms with Crippen LogP contribution in [0.4, 0.5) is 0 Å². The lowest BCUT2D eigenvalue weighted by atomic mass is 9.67. The van der Waals surface area contributed by atoms with Gasteiger partial charge in [-0.15, -0.1) is 0 Å². The van der Waals surface area contributed by atoms with Crippen LogP contribution >= 0.6 is 0 Å². The molecule has 4 aliphatic carbocycles. The van der Waals surface area contributed by atoms with Crippen molar-refractivity contribution < 1.29 is 0 Å². The third-order valence-electron chi connectivity index (χ3n) is 11.7.